The predicted molar refractivity (Wildman–Crippen MR) is 44.5 cm³/mol. The van der Waals surface area contributed by atoms with E-state index in [4.69, 9.17) is 5.11 Å². The summed E-state index contributed by atoms with van der Waals surface area (Å²) >= 11 is 0. The van der Waals surface area contributed by atoms with Crippen LogP contribution in [0.3, 0.4) is 0 Å². The van der Waals surface area contributed by atoms with Gasteiger partial charge in [-0.1, -0.05) is 13.8 Å². The molecule has 1 N–H and O–H groups in total. The van der Waals surface area contributed by atoms with Gasteiger partial charge < -0.3 is 15.4 Å². The van der Waals surface area contributed by atoms with Crippen molar-refractivity contribution in [3.63, 3.8) is 0 Å². The molecule has 1 unspecified atom stereocenters. The summed E-state index contributed by atoms with van der Waals surface area (Å²) < 4.78 is 0. The van der Waals surface area contributed by atoms with Crippen LogP contribution in [-0.4, -0.2) is 28.7 Å². The van der Waals surface area contributed by atoms with Crippen molar-refractivity contribution >= 4 is 5.97 Å². The average molecular weight is 172 g/mol. The number of aliphatic carboxylic acids is 1. The number of rotatable bonds is 1. The van der Waals surface area contributed by atoms with Gasteiger partial charge in [-0.25, -0.2) is 0 Å². The van der Waals surface area contributed by atoms with Crippen molar-refractivity contribution in [1.29, 1.82) is 0 Å². The van der Waals surface area contributed by atoms with Crippen LogP contribution in [0.2, 0.25) is 0 Å². The number of hydroxylamine groups is 2. The third-order valence-electron chi connectivity index (χ3n) is 2.31. The average Bonchev–Trinajstić information content (AvgIpc) is 1.83. The minimum atomic E-state index is -1.000. The molecule has 1 heterocycles. The first-order valence-electron chi connectivity index (χ1n) is 4.09. The van der Waals surface area contributed by atoms with Crippen LogP contribution in [0.1, 0.15) is 26.7 Å². The van der Waals surface area contributed by atoms with Crippen LogP contribution in [0.4, 0.5) is 0 Å². The SMILES string of the molecule is CC1(C)CCC(C(=O)O)N([O-])C1. The smallest absolute Gasteiger partial charge is 0.319 e. The van der Waals surface area contributed by atoms with E-state index in [2.05, 4.69) is 0 Å². The van der Waals surface area contributed by atoms with Gasteiger partial charge >= 0.3 is 5.97 Å². The molecule has 0 radical (unpaired) electrons. The fraction of sp³-hybridized carbons (Fsp3) is 0.875. The first-order chi connectivity index (χ1) is 5.42. The fourth-order valence-corrected chi connectivity index (χ4v) is 1.53. The number of carboxylic acids is 1. The lowest BCUT2D eigenvalue weighted by Crippen LogP contribution is -2.47. The molecule has 0 bridgehead atoms. The lowest BCUT2D eigenvalue weighted by Gasteiger charge is -2.46. The Balaban J connectivity index is 2.60. The van der Waals surface area contributed by atoms with Crippen LogP contribution < -0.4 is 0 Å². The number of carboxylic acid groups (broad SMARTS) is 1. The minimum Gasteiger partial charge on any atom is -0.785 e. The molecule has 0 aromatic rings. The molecule has 4 heteroatoms. The van der Waals surface area contributed by atoms with Gasteiger partial charge in [0.1, 0.15) is 0 Å². The Morgan fingerprint density at radius 2 is 2.25 bits per heavy atom. The lowest BCUT2D eigenvalue weighted by molar-refractivity contribution is -0.144. The first kappa shape index (κ1) is 9.48. The van der Waals surface area contributed by atoms with Gasteiger partial charge in [0.25, 0.3) is 0 Å². The van der Waals surface area contributed by atoms with Gasteiger partial charge in [-0.05, 0) is 24.8 Å². The molecule has 1 saturated heterocycles. The molecule has 0 aliphatic carbocycles. The Hall–Kier alpha value is -0.610. The van der Waals surface area contributed by atoms with Crippen molar-refractivity contribution in [2.75, 3.05) is 6.54 Å². The Labute approximate surface area is 71.8 Å². The van der Waals surface area contributed by atoms with Crippen LogP contribution in [0.5, 0.6) is 0 Å². The summed E-state index contributed by atoms with van der Waals surface area (Å²) in [5.41, 5.74) is -0.0340. The van der Waals surface area contributed by atoms with Crippen LogP contribution >= 0.6 is 0 Å². The number of nitrogens with zero attached hydrogens (tertiary/aromatic N) is 1. The number of piperidine rings is 1. The van der Waals surface area contributed by atoms with Gasteiger partial charge in [0, 0.05) is 0 Å². The van der Waals surface area contributed by atoms with Gasteiger partial charge in [-0.3, -0.25) is 4.79 Å². The van der Waals surface area contributed by atoms with Gasteiger partial charge in [-0.15, -0.1) is 0 Å². The normalized spacial score (nSPS) is 30.1. The molecule has 1 aliphatic heterocycles. The summed E-state index contributed by atoms with van der Waals surface area (Å²) in [6.45, 7) is 4.29. The van der Waals surface area contributed by atoms with Crippen molar-refractivity contribution in [3.05, 3.63) is 5.21 Å². The highest BCUT2D eigenvalue weighted by Gasteiger charge is 2.31. The quantitative estimate of drug-likeness (QED) is 0.642. The monoisotopic (exact) mass is 172 g/mol. The molecular weight excluding hydrogens is 158 g/mol. The summed E-state index contributed by atoms with van der Waals surface area (Å²) in [6, 6.07) is -0.821. The molecule has 1 rings (SSSR count). The second-order valence-corrected chi connectivity index (χ2v) is 4.13. The molecular formula is C8H14NO3-. The lowest BCUT2D eigenvalue weighted by atomic mass is 9.82. The van der Waals surface area contributed by atoms with Crippen LogP contribution in [0, 0.1) is 10.6 Å². The summed E-state index contributed by atoms with van der Waals surface area (Å²) in [5.74, 6) is -1.000. The van der Waals surface area contributed by atoms with E-state index in [0.29, 0.717) is 18.0 Å². The molecule has 70 valence electrons. The standard InChI is InChI=1S/C8H14NO3/c1-8(2)4-3-6(7(10)11)9(12)5-8/h6H,3-5H2,1-2H3,(H,10,11)/q-1. The van der Waals surface area contributed by atoms with E-state index in [0.717, 1.165) is 6.42 Å². The Kier molecular flexibility index (Phi) is 2.39. The summed E-state index contributed by atoms with van der Waals surface area (Å²) in [5, 5.41) is 20.5. The molecule has 0 aromatic carbocycles. The van der Waals surface area contributed by atoms with Gasteiger partial charge in [0.15, 0.2) is 0 Å². The number of hydrogen-bond donors (Lipinski definition) is 1. The molecule has 0 aromatic heterocycles. The highest BCUT2D eigenvalue weighted by molar-refractivity contribution is 5.73. The summed E-state index contributed by atoms with van der Waals surface area (Å²) in [4.78, 5) is 10.5. The van der Waals surface area contributed by atoms with Crippen molar-refractivity contribution in [2.24, 2.45) is 5.41 Å². The molecule has 12 heavy (non-hydrogen) atoms. The molecule has 1 aliphatic rings. The summed E-state index contributed by atoms with van der Waals surface area (Å²) in [6.07, 6.45) is 1.27. The Bertz CT molecular complexity index is 191. The Morgan fingerprint density at radius 3 is 2.67 bits per heavy atom. The van der Waals surface area contributed by atoms with Crippen molar-refractivity contribution in [1.82, 2.24) is 5.06 Å². The largest absolute Gasteiger partial charge is 0.785 e. The van der Waals surface area contributed by atoms with Crippen molar-refractivity contribution < 1.29 is 9.90 Å². The molecule has 1 fully saturated rings. The zero-order chi connectivity index (χ0) is 9.35. The van der Waals surface area contributed by atoms with Crippen molar-refractivity contribution in [3.8, 4) is 0 Å². The molecule has 1 atom stereocenters. The van der Waals surface area contributed by atoms with E-state index in [-0.39, 0.29) is 5.41 Å². The van der Waals surface area contributed by atoms with E-state index >= 15 is 0 Å². The maximum atomic E-state index is 11.2. The maximum absolute atomic E-state index is 11.2. The third-order valence-corrected chi connectivity index (χ3v) is 2.31. The van der Waals surface area contributed by atoms with E-state index in [1.165, 1.54) is 0 Å². The van der Waals surface area contributed by atoms with Gasteiger partial charge in [0.05, 0.1) is 6.04 Å². The van der Waals surface area contributed by atoms with Crippen LogP contribution in [0.25, 0.3) is 0 Å². The van der Waals surface area contributed by atoms with Gasteiger partial charge in [-0.2, -0.15) is 0 Å². The third kappa shape index (κ3) is 1.95. The molecule has 4 nitrogen and oxygen atoms in total. The second kappa shape index (κ2) is 3.03. The number of hydrogen-bond acceptors (Lipinski definition) is 3. The zero-order valence-electron chi connectivity index (χ0n) is 7.41. The van der Waals surface area contributed by atoms with E-state index in [1.54, 1.807) is 0 Å². The van der Waals surface area contributed by atoms with E-state index in [1.807, 2.05) is 13.8 Å². The second-order valence-electron chi connectivity index (χ2n) is 4.13. The van der Waals surface area contributed by atoms with Crippen LogP contribution in [-0.2, 0) is 4.79 Å². The highest BCUT2D eigenvalue weighted by Crippen LogP contribution is 2.31. The molecule has 0 spiro atoms. The molecule has 0 saturated carbocycles. The topological polar surface area (TPSA) is 63.6 Å². The number of carbonyl (C=O) groups is 1. The van der Waals surface area contributed by atoms with E-state index in [9.17, 15) is 10.0 Å². The fourth-order valence-electron chi connectivity index (χ4n) is 1.53. The molecule has 0 amide bonds. The van der Waals surface area contributed by atoms with E-state index < -0.39 is 12.0 Å². The Morgan fingerprint density at radius 1 is 1.67 bits per heavy atom. The summed E-state index contributed by atoms with van der Waals surface area (Å²) in [7, 11) is 0. The van der Waals surface area contributed by atoms with Crippen LogP contribution in [0.15, 0.2) is 0 Å². The maximum Gasteiger partial charge on any atom is 0.319 e. The van der Waals surface area contributed by atoms with Gasteiger partial charge in [0.2, 0.25) is 0 Å². The predicted octanol–water partition coefficient (Wildman–Crippen LogP) is 1.06. The zero-order valence-corrected chi connectivity index (χ0v) is 7.41. The van der Waals surface area contributed by atoms with Crippen molar-refractivity contribution in [2.45, 2.75) is 32.7 Å². The highest BCUT2D eigenvalue weighted by atomic mass is 16.5. The first-order valence-corrected chi connectivity index (χ1v) is 4.09. The minimum absolute atomic E-state index is 0.0340.